The summed E-state index contributed by atoms with van der Waals surface area (Å²) in [5.41, 5.74) is 3.99. The predicted octanol–water partition coefficient (Wildman–Crippen LogP) is 3.36. The van der Waals surface area contributed by atoms with Gasteiger partial charge in [-0.05, 0) is 35.4 Å². The summed E-state index contributed by atoms with van der Waals surface area (Å²) in [5.74, 6) is 3.34. The summed E-state index contributed by atoms with van der Waals surface area (Å²) in [7, 11) is 0. The van der Waals surface area contributed by atoms with Crippen LogP contribution in [-0.2, 0) is 11.2 Å². The van der Waals surface area contributed by atoms with Gasteiger partial charge in [0.25, 0.3) is 0 Å². The van der Waals surface area contributed by atoms with Gasteiger partial charge in [-0.15, -0.1) is 0 Å². The van der Waals surface area contributed by atoms with E-state index < -0.39 is 0 Å². The molecule has 2 aliphatic rings. The summed E-state index contributed by atoms with van der Waals surface area (Å²) in [4.78, 5) is 6.93. The van der Waals surface area contributed by atoms with Crippen LogP contribution in [-0.4, -0.2) is 42.8 Å². The highest BCUT2D eigenvalue weighted by molar-refractivity contribution is 7.99. The zero-order valence-corrected chi connectivity index (χ0v) is 14.6. The summed E-state index contributed by atoms with van der Waals surface area (Å²) in [6.45, 7) is 3.42. The van der Waals surface area contributed by atoms with Crippen molar-refractivity contribution in [1.82, 2.24) is 4.98 Å². The number of aryl methyl sites for hydroxylation is 1. The van der Waals surface area contributed by atoms with Crippen molar-refractivity contribution in [3.63, 3.8) is 0 Å². The normalized spacial score (nSPS) is 21.0. The topological polar surface area (TPSA) is 37.4 Å². The lowest BCUT2D eigenvalue weighted by Gasteiger charge is -2.28. The molecule has 2 aliphatic heterocycles. The monoisotopic (exact) mass is 341 g/mol. The fourth-order valence-corrected chi connectivity index (χ4v) is 4.38. The standard InChI is InChI=1S/C19H23N3OS/c1-2-4-17-15(3-1)7-12-24-14-18(17)21-16-5-6-19(20-13-16)22-8-10-23-11-9-22/h1-6,13,18,21H,7-12,14H2/t18-/m0/s1. The summed E-state index contributed by atoms with van der Waals surface area (Å²) in [5, 5.41) is 3.68. The summed E-state index contributed by atoms with van der Waals surface area (Å²) >= 11 is 2.02. The molecule has 0 aliphatic carbocycles. The van der Waals surface area contributed by atoms with Crippen molar-refractivity contribution in [2.45, 2.75) is 12.5 Å². The molecule has 0 unspecified atom stereocenters. The number of thioether (sulfide) groups is 1. The smallest absolute Gasteiger partial charge is 0.128 e. The second-order valence-corrected chi connectivity index (χ2v) is 7.37. The molecule has 126 valence electrons. The molecule has 1 atom stereocenters. The molecule has 0 amide bonds. The van der Waals surface area contributed by atoms with Gasteiger partial charge in [0.15, 0.2) is 0 Å². The number of nitrogens with zero attached hydrogens (tertiary/aromatic N) is 2. The van der Waals surface area contributed by atoms with Crippen LogP contribution >= 0.6 is 11.8 Å². The minimum Gasteiger partial charge on any atom is -0.378 e. The number of hydrogen-bond donors (Lipinski definition) is 1. The van der Waals surface area contributed by atoms with Crippen LogP contribution in [0.15, 0.2) is 42.6 Å². The van der Waals surface area contributed by atoms with Gasteiger partial charge in [0.2, 0.25) is 0 Å². The second-order valence-electron chi connectivity index (χ2n) is 6.23. The first-order chi connectivity index (χ1) is 11.9. The molecule has 5 heteroatoms. The van der Waals surface area contributed by atoms with E-state index in [9.17, 15) is 0 Å². The minimum absolute atomic E-state index is 0.352. The quantitative estimate of drug-likeness (QED) is 0.926. The third-order valence-corrected chi connectivity index (χ3v) is 5.72. The van der Waals surface area contributed by atoms with E-state index in [0.29, 0.717) is 6.04 Å². The van der Waals surface area contributed by atoms with Gasteiger partial charge in [0, 0.05) is 18.8 Å². The first-order valence-electron chi connectivity index (χ1n) is 8.61. The number of fused-ring (bicyclic) bond motifs is 1. The van der Waals surface area contributed by atoms with Crippen molar-refractivity contribution in [3.8, 4) is 0 Å². The van der Waals surface area contributed by atoms with Gasteiger partial charge in [-0.2, -0.15) is 11.8 Å². The molecule has 3 heterocycles. The summed E-state index contributed by atoms with van der Waals surface area (Å²) < 4.78 is 5.41. The van der Waals surface area contributed by atoms with Gasteiger partial charge < -0.3 is 15.0 Å². The maximum absolute atomic E-state index is 5.41. The van der Waals surface area contributed by atoms with E-state index >= 15 is 0 Å². The Bertz CT molecular complexity index is 671. The van der Waals surface area contributed by atoms with Crippen LogP contribution in [0.5, 0.6) is 0 Å². The predicted molar refractivity (Wildman–Crippen MR) is 101 cm³/mol. The molecule has 0 radical (unpaired) electrons. The minimum atomic E-state index is 0.352. The van der Waals surface area contributed by atoms with E-state index in [1.165, 1.54) is 16.9 Å². The zero-order valence-electron chi connectivity index (χ0n) is 13.8. The molecular formula is C19H23N3OS. The van der Waals surface area contributed by atoms with Gasteiger partial charge >= 0.3 is 0 Å². The maximum atomic E-state index is 5.41. The lowest BCUT2D eigenvalue weighted by Crippen LogP contribution is -2.36. The fourth-order valence-electron chi connectivity index (χ4n) is 3.35. The second kappa shape index (κ2) is 7.45. The number of nitrogens with one attached hydrogen (secondary N) is 1. The van der Waals surface area contributed by atoms with Gasteiger partial charge in [0.1, 0.15) is 5.82 Å². The average molecular weight is 341 g/mol. The number of anilines is 2. The van der Waals surface area contributed by atoms with Crippen LogP contribution in [0.2, 0.25) is 0 Å². The molecular weight excluding hydrogens is 318 g/mol. The van der Waals surface area contributed by atoms with E-state index in [1.54, 1.807) is 0 Å². The Morgan fingerprint density at radius 1 is 1.12 bits per heavy atom. The maximum Gasteiger partial charge on any atom is 0.128 e. The number of rotatable bonds is 3. The van der Waals surface area contributed by atoms with Crippen LogP contribution in [0, 0.1) is 0 Å². The molecule has 1 fully saturated rings. The molecule has 1 N–H and O–H groups in total. The van der Waals surface area contributed by atoms with Crippen LogP contribution in [0.4, 0.5) is 11.5 Å². The molecule has 4 nitrogen and oxygen atoms in total. The Kier molecular flexibility index (Phi) is 4.90. The number of benzene rings is 1. The highest BCUT2D eigenvalue weighted by atomic mass is 32.2. The molecule has 0 saturated carbocycles. The molecule has 1 aromatic carbocycles. The first-order valence-corrected chi connectivity index (χ1v) is 9.76. The van der Waals surface area contributed by atoms with E-state index in [-0.39, 0.29) is 0 Å². The lowest BCUT2D eigenvalue weighted by atomic mass is 9.99. The SMILES string of the molecule is c1ccc2c(c1)CCSC[C@@H]2Nc1ccc(N2CCOCC2)nc1. The molecule has 4 rings (SSSR count). The number of ether oxygens (including phenoxy) is 1. The molecule has 1 aromatic heterocycles. The van der Waals surface area contributed by atoms with Crippen molar-refractivity contribution in [2.75, 3.05) is 48.0 Å². The van der Waals surface area contributed by atoms with E-state index in [2.05, 4.69) is 51.6 Å². The highest BCUT2D eigenvalue weighted by Crippen LogP contribution is 2.30. The van der Waals surface area contributed by atoms with Crippen molar-refractivity contribution < 1.29 is 4.74 Å². The van der Waals surface area contributed by atoms with Crippen molar-refractivity contribution in [1.29, 1.82) is 0 Å². The van der Waals surface area contributed by atoms with Gasteiger partial charge in [-0.25, -0.2) is 4.98 Å². The Labute approximate surface area is 147 Å². The van der Waals surface area contributed by atoms with Crippen molar-refractivity contribution in [3.05, 3.63) is 53.7 Å². The molecule has 2 aromatic rings. The first kappa shape index (κ1) is 15.8. The zero-order chi connectivity index (χ0) is 16.2. The van der Waals surface area contributed by atoms with Crippen LogP contribution < -0.4 is 10.2 Å². The number of pyridine rings is 1. The number of aromatic nitrogens is 1. The third-order valence-electron chi connectivity index (χ3n) is 4.65. The van der Waals surface area contributed by atoms with Gasteiger partial charge in [-0.3, -0.25) is 0 Å². The van der Waals surface area contributed by atoms with Crippen LogP contribution in [0.1, 0.15) is 17.2 Å². The van der Waals surface area contributed by atoms with Gasteiger partial charge in [-0.1, -0.05) is 24.3 Å². The Balaban J connectivity index is 1.49. The highest BCUT2D eigenvalue weighted by Gasteiger charge is 2.19. The average Bonchev–Trinajstić information content (AvgIpc) is 2.86. The summed E-state index contributed by atoms with van der Waals surface area (Å²) in [6, 6.07) is 13.4. The third kappa shape index (κ3) is 3.52. The molecule has 0 bridgehead atoms. The summed E-state index contributed by atoms with van der Waals surface area (Å²) in [6.07, 6.45) is 3.12. The van der Waals surface area contributed by atoms with Gasteiger partial charge in [0.05, 0.1) is 31.1 Å². The lowest BCUT2D eigenvalue weighted by molar-refractivity contribution is 0.122. The fraction of sp³-hybridized carbons (Fsp3) is 0.421. The van der Waals surface area contributed by atoms with Crippen molar-refractivity contribution >= 4 is 23.3 Å². The Hall–Kier alpha value is -1.72. The molecule has 0 spiro atoms. The van der Waals surface area contributed by atoms with Crippen molar-refractivity contribution in [2.24, 2.45) is 0 Å². The molecule has 24 heavy (non-hydrogen) atoms. The van der Waals surface area contributed by atoms with E-state index in [1.807, 2.05) is 18.0 Å². The van der Waals surface area contributed by atoms with E-state index in [0.717, 1.165) is 50.0 Å². The Morgan fingerprint density at radius 3 is 2.83 bits per heavy atom. The van der Waals surface area contributed by atoms with Crippen LogP contribution in [0.3, 0.4) is 0 Å². The number of hydrogen-bond acceptors (Lipinski definition) is 5. The largest absolute Gasteiger partial charge is 0.378 e. The van der Waals surface area contributed by atoms with Crippen LogP contribution in [0.25, 0.3) is 0 Å². The number of morpholine rings is 1. The Morgan fingerprint density at radius 2 is 2.00 bits per heavy atom. The van der Waals surface area contributed by atoms with E-state index in [4.69, 9.17) is 4.74 Å². The molecule has 1 saturated heterocycles.